The number of aromatic nitrogens is 2. The summed E-state index contributed by atoms with van der Waals surface area (Å²) in [7, 11) is 0. The summed E-state index contributed by atoms with van der Waals surface area (Å²) in [6.07, 6.45) is 0. The van der Waals surface area contributed by atoms with Crippen LogP contribution in [0.15, 0.2) is 24.3 Å². The zero-order chi connectivity index (χ0) is 13.0. The van der Waals surface area contributed by atoms with E-state index in [1.54, 1.807) is 0 Å². The summed E-state index contributed by atoms with van der Waals surface area (Å²) in [4.78, 5) is 11.1. The number of carbonyl (C=O) groups is 1. The van der Waals surface area contributed by atoms with E-state index in [2.05, 4.69) is 14.9 Å². The minimum Gasteiger partial charge on any atom is -0.494 e. The summed E-state index contributed by atoms with van der Waals surface area (Å²) in [6, 6.07) is 7.36. The molecule has 0 radical (unpaired) electrons. The molecule has 1 heterocycles. The number of nitrogens with one attached hydrogen (secondary N) is 1. The summed E-state index contributed by atoms with van der Waals surface area (Å²) in [5.74, 6) is 0.192. The highest BCUT2D eigenvalue weighted by Crippen LogP contribution is 2.24. The van der Waals surface area contributed by atoms with E-state index in [0.29, 0.717) is 11.6 Å². The van der Waals surface area contributed by atoms with Gasteiger partial charge in [0.1, 0.15) is 10.8 Å². The van der Waals surface area contributed by atoms with Gasteiger partial charge in [-0.3, -0.25) is 4.79 Å². The lowest BCUT2D eigenvalue weighted by atomic mass is 10.3. The lowest BCUT2D eigenvalue weighted by molar-refractivity contribution is 0.0996. The molecule has 2 rings (SSSR count). The van der Waals surface area contributed by atoms with Crippen LogP contribution in [0.2, 0.25) is 0 Å². The Morgan fingerprint density at radius 1 is 1.44 bits per heavy atom. The zero-order valence-electron chi connectivity index (χ0n) is 9.71. The van der Waals surface area contributed by atoms with Gasteiger partial charge in [0.05, 0.1) is 6.61 Å². The first kappa shape index (κ1) is 12.3. The number of benzene rings is 1. The number of carbonyl (C=O) groups excluding carboxylic acids is 1. The summed E-state index contributed by atoms with van der Waals surface area (Å²) >= 11 is 1.08. The fourth-order valence-electron chi connectivity index (χ4n) is 1.37. The van der Waals surface area contributed by atoms with E-state index in [1.807, 2.05) is 31.2 Å². The molecule has 94 valence electrons. The SMILES string of the molecule is CCOc1ccc(Nc2snnc2C(N)=O)cc1. The summed E-state index contributed by atoms with van der Waals surface area (Å²) < 4.78 is 9.02. The second kappa shape index (κ2) is 5.46. The normalized spacial score (nSPS) is 10.1. The van der Waals surface area contributed by atoms with E-state index >= 15 is 0 Å². The number of hydrogen-bond donors (Lipinski definition) is 2. The molecular weight excluding hydrogens is 252 g/mol. The van der Waals surface area contributed by atoms with E-state index in [4.69, 9.17) is 10.5 Å². The molecule has 3 N–H and O–H groups in total. The van der Waals surface area contributed by atoms with Crippen molar-refractivity contribution in [3.63, 3.8) is 0 Å². The highest BCUT2D eigenvalue weighted by molar-refractivity contribution is 7.10. The number of ether oxygens (including phenoxy) is 1. The van der Waals surface area contributed by atoms with Crippen LogP contribution >= 0.6 is 11.5 Å². The minimum atomic E-state index is -0.600. The molecular formula is C11H12N4O2S. The molecule has 0 saturated carbocycles. The molecule has 0 aliphatic heterocycles. The van der Waals surface area contributed by atoms with Crippen molar-refractivity contribution in [2.24, 2.45) is 5.73 Å². The van der Waals surface area contributed by atoms with Gasteiger partial charge in [-0.25, -0.2) is 0 Å². The fourth-order valence-corrected chi connectivity index (χ4v) is 1.96. The average molecular weight is 264 g/mol. The molecule has 0 spiro atoms. The first-order valence-corrected chi connectivity index (χ1v) is 6.10. The van der Waals surface area contributed by atoms with Gasteiger partial charge in [0.15, 0.2) is 5.69 Å². The zero-order valence-corrected chi connectivity index (χ0v) is 10.5. The van der Waals surface area contributed by atoms with Gasteiger partial charge < -0.3 is 15.8 Å². The van der Waals surface area contributed by atoms with Gasteiger partial charge in [0.25, 0.3) is 5.91 Å². The summed E-state index contributed by atoms with van der Waals surface area (Å²) in [5, 5.41) is 7.24. The monoisotopic (exact) mass is 264 g/mol. The van der Waals surface area contributed by atoms with Crippen molar-refractivity contribution in [1.29, 1.82) is 0 Å². The van der Waals surface area contributed by atoms with Crippen molar-refractivity contribution in [2.75, 3.05) is 11.9 Å². The molecule has 2 aromatic rings. The molecule has 0 fully saturated rings. The maximum absolute atomic E-state index is 11.1. The highest BCUT2D eigenvalue weighted by Gasteiger charge is 2.13. The number of nitrogens with two attached hydrogens (primary N) is 1. The van der Waals surface area contributed by atoms with Gasteiger partial charge >= 0.3 is 0 Å². The van der Waals surface area contributed by atoms with Crippen LogP contribution in [0.5, 0.6) is 5.75 Å². The summed E-state index contributed by atoms with van der Waals surface area (Å²) in [6.45, 7) is 2.55. The van der Waals surface area contributed by atoms with Crippen molar-refractivity contribution in [3.8, 4) is 5.75 Å². The van der Waals surface area contributed by atoms with Crippen molar-refractivity contribution in [2.45, 2.75) is 6.92 Å². The molecule has 1 amide bonds. The highest BCUT2D eigenvalue weighted by atomic mass is 32.1. The van der Waals surface area contributed by atoms with E-state index in [1.165, 1.54) is 0 Å². The Morgan fingerprint density at radius 2 is 2.17 bits per heavy atom. The molecule has 0 saturated heterocycles. The maximum atomic E-state index is 11.1. The molecule has 1 aromatic heterocycles. The molecule has 6 nitrogen and oxygen atoms in total. The standard InChI is InChI=1S/C11H12N4O2S/c1-2-17-8-5-3-7(4-6-8)13-11-9(10(12)16)14-15-18-11/h3-6,13H,2H2,1H3,(H2,12,16). The predicted octanol–water partition coefficient (Wildman–Crippen LogP) is 1.78. The Balaban J connectivity index is 2.13. The minimum absolute atomic E-state index is 0.147. The number of primary amides is 1. The van der Waals surface area contributed by atoms with Gasteiger partial charge in [0.2, 0.25) is 0 Å². The third-order valence-corrected chi connectivity index (χ3v) is 2.79. The smallest absolute Gasteiger partial charge is 0.272 e. The lowest BCUT2D eigenvalue weighted by Gasteiger charge is -2.06. The van der Waals surface area contributed by atoms with Crippen molar-refractivity contribution >= 4 is 28.1 Å². The Morgan fingerprint density at radius 3 is 2.78 bits per heavy atom. The number of hydrogen-bond acceptors (Lipinski definition) is 6. The second-order valence-electron chi connectivity index (χ2n) is 3.40. The molecule has 0 aliphatic carbocycles. The Hall–Kier alpha value is -2.15. The lowest BCUT2D eigenvalue weighted by Crippen LogP contribution is -2.13. The van der Waals surface area contributed by atoms with Gasteiger partial charge in [0, 0.05) is 17.2 Å². The van der Waals surface area contributed by atoms with E-state index in [-0.39, 0.29) is 5.69 Å². The van der Waals surface area contributed by atoms with Crippen LogP contribution in [0.1, 0.15) is 17.4 Å². The quantitative estimate of drug-likeness (QED) is 0.859. The predicted molar refractivity (Wildman–Crippen MR) is 69.3 cm³/mol. The molecule has 0 atom stereocenters. The van der Waals surface area contributed by atoms with Crippen molar-refractivity contribution in [3.05, 3.63) is 30.0 Å². The Bertz CT molecular complexity index is 538. The average Bonchev–Trinajstić information content (AvgIpc) is 2.80. The third-order valence-electron chi connectivity index (χ3n) is 2.14. The van der Waals surface area contributed by atoms with Crippen LogP contribution in [-0.4, -0.2) is 22.1 Å². The molecule has 0 aliphatic rings. The van der Waals surface area contributed by atoms with Gasteiger partial charge in [-0.15, -0.1) is 5.10 Å². The van der Waals surface area contributed by atoms with Gasteiger partial charge in [-0.2, -0.15) is 0 Å². The van der Waals surface area contributed by atoms with Crippen LogP contribution in [0.25, 0.3) is 0 Å². The largest absolute Gasteiger partial charge is 0.494 e. The molecule has 0 unspecified atom stereocenters. The Labute approximate surface area is 108 Å². The first-order valence-electron chi connectivity index (χ1n) is 5.32. The molecule has 1 aromatic carbocycles. The number of nitrogens with zero attached hydrogens (tertiary/aromatic N) is 2. The van der Waals surface area contributed by atoms with Crippen LogP contribution in [0, 0.1) is 0 Å². The van der Waals surface area contributed by atoms with Crippen molar-refractivity contribution < 1.29 is 9.53 Å². The van der Waals surface area contributed by atoms with E-state index < -0.39 is 5.91 Å². The van der Waals surface area contributed by atoms with E-state index in [9.17, 15) is 4.79 Å². The number of anilines is 2. The first-order chi connectivity index (χ1) is 8.70. The Kier molecular flexibility index (Phi) is 3.73. The topological polar surface area (TPSA) is 90.1 Å². The third kappa shape index (κ3) is 2.75. The number of rotatable bonds is 5. The molecule has 0 bridgehead atoms. The second-order valence-corrected chi connectivity index (χ2v) is 4.15. The maximum Gasteiger partial charge on any atom is 0.272 e. The van der Waals surface area contributed by atoms with Crippen LogP contribution in [0.3, 0.4) is 0 Å². The van der Waals surface area contributed by atoms with Crippen molar-refractivity contribution in [1.82, 2.24) is 9.59 Å². The molecule has 7 heteroatoms. The number of amides is 1. The molecule has 18 heavy (non-hydrogen) atoms. The van der Waals surface area contributed by atoms with Gasteiger partial charge in [-0.1, -0.05) is 4.49 Å². The van der Waals surface area contributed by atoms with Crippen LogP contribution < -0.4 is 15.8 Å². The van der Waals surface area contributed by atoms with Crippen LogP contribution in [-0.2, 0) is 0 Å². The summed E-state index contributed by atoms with van der Waals surface area (Å²) in [5.41, 5.74) is 6.14. The van der Waals surface area contributed by atoms with Crippen LogP contribution in [0.4, 0.5) is 10.7 Å². The fraction of sp³-hybridized carbons (Fsp3) is 0.182. The van der Waals surface area contributed by atoms with E-state index in [0.717, 1.165) is 23.0 Å². The van der Waals surface area contributed by atoms with Gasteiger partial charge in [-0.05, 0) is 31.2 Å².